The van der Waals surface area contributed by atoms with E-state index < -0.39 is 16.0 Å². The van der Waals surface area contributed by atoms with Gasteiger partial charge in [0.05, 0.1) is 16.6 Å². The van der Waals surface area contributed by atoms with Crippen LogP contribution in [0.25, 0.3) is 0 Å². The van der Waals surface area contributed by atoms with Crippen molar-refractivity contribution in [2.45, 2.75) is 30.8 Å². The van der Waals surface area contributed by atoms with E-state index in [2.05, 4.69) is 4.72 Å². The van der Waals surface area contributed by atoms with Gasteiger partial charge in [-0.15, -0.1) is 0 Å². The van der Waals surface area contributed by atoms with Gasteiger partial charge in [-0.25, -0.2) is 17.9 Å². The molecule has 1 N–H and O–H groups in total. The number of nitrogens with one attached hydrogen (secondary N) is 1. The Bertz CT molecular complexity index is 920. The van der Waals surface area contributed by atoms with E-state index in [1.807, 2.05) is 31.2 Å². The highest BCUT2D eigenvalue weighted by atomic mass is 32.2. The van der Waals surface area contributed by atoms with Crippen molar-refractivity contribution in [3.05, 3.63) is 59.7 Å². The summed E-state index contributed by atoms with van der Waals surface area (Å²) in [5, 5.41) is 0. The highest BCUT2D eigenvalue weighted by Crippen LogP contribution is 2.15. The van der Waals surface area contributed by atoms with Crippen LogP contribution in [0.1, 0.15) is 28.8 Å². The van der Waals surface area contributed by atoms with E-state index >= 15 is 0 Å². The number of sulfonamides is 1. The molecule has 1 heterocycles. The van der Waals surface area contributed by atoms with Crippen molar-refractivity contribution in [3.63, 3.8) is 0 Å². The second kappa shape index (κ2) is 9.87. The van der Waals surface area contributed by atoms with Gasteiger partial charge in [-0.05, 0) is 61.7 Å². The fourth-order valence-corrected chi connectivity index (χ4v) is 4.01. The Morgan fingerprint density at radius 3 is 2.66 bits per heavy atom. The Kier molecular flexibility index (Phi) is 7.24. The molecule has 3 rings (SSSR count). The molecule has 0 aromatic heterocycles. The first-order chi connectivity index (χ1) is 13.9. The SMILES string of the molecule is Cc1cccc(OCCOC(=O)c2ccc(S(=O)(=O)NCC3CCCO3)cc2)c1. The van der Waals surface area contributed by atoms with Crippen LogP contribution >= 0.6 is 0 Å². The van der Waals surface area contributed by atoms with Crippen LogP contribution in [0.5, 0.6) is 5.75 Å². The van der Waals surface area contributed by atoms with Gasteiger partial charge >= 0.3 is 5.97 Å². The number of benzene rings is 2. The van der Waals surface area contributed by atoms with E-state index in [4.69, 9.17) is 14.2 Å². The molecule has 7 nitrogen and oxygen atoms in total. The topological polar surface area (TPSA) is 90.9 Å². The van der Waals surface area contributed by atoms with Gasteiger partial charge < -0.3 is 14.2 Å². The highest BCUT2D eigenvalue weighted by Gasteiger charge is 2.20. The number of hydrogen-bond acceptors (Lipinski definition) is 6. The van der Waals surface area contributed by atoms with Crippen LogP contribution in [0, 0.1) is 6.92 Å². The predicted molar refractivity (Wildman–Crippen MR) is 108 cm³/mol. The van der Waals surface area contributed by atoms with Gasteiger partial charge in [0.15, 0.2) is 0 Å². The maximum atomic E-state index is 12.3. The first kappa shape index (κ1) is 21.3. The Balaban J connectivity index is 1.46. The van der Waals surface area contributed by atoms with Crippen molar-refractivity contribution in [2.75, 3.05) is 26.4 Å². The second-order valence-electron chi connectivity index (χ2n) is 6.81. The Labute approximate surface area is 171 Å². The lowest BCUT2D eigenvalue weighted by Crippen LogP contribution is -2.31. The van der Waals surface area contributed by atoms with Gasteiger partial charge in [-0.3, -0.25) is 0 Å². The third kappa shape index (κ3) is 6.28. The predicted octanol–water partition coefficient (Wildman–Crippen LogP) is 2.69. The lowest BCUT2D eigenvalue weighted by atomic mass is 10.2. The van der Waals surface area contributed by atoms with Gasteiger partial charge in [0.25, 0.3) is 0 Å². The van der Waals surface area contributed by atoms with Crippen molar-refractivity contribution in [2.24, 2.45) is 0 Å². The smallest absolute Gasteiger partial charge is 0.338 e. The molecule has 1 aliphatic rings. The monoisotopic (exact) mass is 419 g/mol. The number of carbonyl (C=O) groups excluding carboxylic acids is 1. The zero-order valence-electron chi connectivity index (χ0n) is 16.3. The first-order valence-corrected chi connectivity index (χ1v) is 11.0. The summed E-state index contributed by atoms with van der Waals surface area (Å²) in [6.45, 7) is 3.20. The molecule has 2 aromatic carbocycles. The van der Waals surface area contributed by atoms with Crippen molar-refractivity contribution in [1.29, 1.82) is 0 Å². The molecule has 1 atom stereocenters. The van der Waals surface area contributed by atoms with Crippen LogP contribution in [0.4, 0.5) is 0 Å². The fraction of sp³-hybridized carbons (Fsp3) is 0.381. The number of aryl methyl sites for hydroxylation is 1. The zero-order valence-corrected chi connectivity index (χ0v) is 17.1. The molecule has 156 valence electrons. The van der Waals surface area contributed by atoms with Gasteiger partial charge in [0.2, 0.25) is 10.0 Å². The third-order valence-corrected chi connectivity index (χ3v) is 5.94. The van der Waals surface area contributed by atoms with E-state index in [1.54, 1.807) is 0 Å². The van der Waals surface area contributed by atoms with Crippen LogP contribution in [-0.2, 0) is 19.5 Å². The molecule has 1 aliphatic heterocycles. The average molecular weight is 419 g/mol. The Hall–Kier alpha value is -2.42. The van der Waals surface area contributed by atoms with E-state index in [0.717, 1.165) is 18.4 Å². The van der Waals surface area contributed by atoms with E-state index in [1.165, 1.54) is 24.3 Å². The second-order valence-corrected chi connectivity index (χ2v) is 8.58. The van der Waals surface area contributed by atoms with Crippen molar-refractivity contribution >= 4 is 16.0 Å². The Morgan fingerprint density at radius 2 is 1.97 bits per heavy atom. The standard InChI is InChI=1S/C21H25NO6S/c1-16-4-2-5-18(14-16)27-12-13-28-21(23)17-7-9-20(10-8-17)29(24,25)22-15-19-6-3-11-26-19/h2,4-5,7-10,14,19,22H,3,6,11-13,15H2,1H3. The van der Waals surface area contributed by atoms with Crippen molar-refractivity contribution in [1.82, 2.24) is 4.72 Å². The van der Waals surface area contributed by atoms with Gasteiger partial charge in [0.1, 0.15) is 19.0 Å². The number of carbonyl (C=O) groups is 1. The third-order valence-electron chi connectivity index (χ3n) is 4.50. The molecular weight excluding hydrogens is 394 g/mol. The molecule has 8 heteroatoms. The van der Waals surface area contributed by atoms with Crippen LogP contribution in [0.2, 0.25) is 0 Å². The maximum Gasteiger partial charge on any atom is 0.338 e. The fourth-order valence-electron chi connectivity index (χ4n) is 2.94. The molecule has 0 bridgehead atoms. The number of rotatable bonds is 9. The summed E-state index contributed by atoms with van der Waals surface area (Å²) < 4.78 is 43.3. The van der Waals surface area contributed by atoms with Crippen molar-refractivity contribution in [3.8, 4) is 5.75 Å². The van der Waals surface area contributed by atoms with Gasteiger partial charge in [-0.1, -0.05) is 12.1 Å². The highest BCUT2D eigenvalue weighted by molar-refractivity contribution is 7.89. The Morgan fingerprint density at radius 1 is 1.17 bits per heavy atom. The normalized spacial score (nSPS) is 16.5. The van der Waals surface area contributed by atoms with E-state index in [9.17, 15) is 13.2 Å². The molecule has 0 aliphatic carbocycles. The molecular formula is C21H25NO6S. The molecule has 1 unspecified atom stereocenters. The summed E-state index contributed by atoms with van der Waals surface area (Å²) >= 11 is 0. The summed E-state index contributed by atoms with van der Waals surface area (Å²) in [6, 6.07) is 13.2. The maximum absolute atomic E-state index is 12.3. The summed E-state index contributed by atoms with van der Waals surface area (Å²) in [6.07, 6.45) is 1.71. The van der Waals surface area contributed by atoms with Gasteiger partial charge in [0, 0.05) is 13.2 Å². The molecule has 1 saturated heterocycles. The van der Waals surface area contributed by atoms with Crippen molar-refractivity contribution < 1.29 is 27.4 Å². The molecule has 0 radical (unpaired) electrons. The molecule has 29 heavy (non-hydrogen) atoms. The number of esters is 1. The summed E-state index contributed by atoms with van der Waals surface area (Å²) in [4.78, 5) is 12.2. The lowest BCUT2D eigenvalue weighted by molar-refractivity contribution is 0.0450. The first-order valence-electron chi connectivity index (χ1n) is 9.52. The van der Waals surface area contributed by atoms with E-state index in [-0.39, 0.29) is 36.3 Å². The quantitative estimate of drug-likeness (QED) is 0.496. The largest absolute Gasteiger partial charge is 0.490 e. The van der Waals surface area contributed by atoms with Crippen LogP contribution in [0.3, 0.4) is 0 Å². The molecule has 2 aromatic rings. The molecule has 0 amide bonds. The minimum absolute atomic E-state index is 0.0824. The molecule has 1 fully saturated rings. The van der Waals surface area contributed by atoms with Gasteiger partial charge in [-0.2, -0.15) is 0 Å². The minimum Gasteiger partial charge on any atom is -0.490 e. The zero-order chi connectivity index (χ0) is 20.7. The average Bonchev–Trinajstić information content (AvgIpc) is 3.24. The van der Waals surface area contributed by atoms with Crippen LogP contribution in [0.15, 0.2) is 53.4 Å². The lowest BCUT2D eigenvalue weighted by Gasteiger charge is -2.12. The number of hydrogen-bond donors (Lipinski definition) is 1. The summed E-state index contributed by atoms with van der Waals surface area (Å²) in [7, 11) is -3.65. The van der Waals surface area contributed by atoms with Crippen LogP contribution in [-0.4, -0.2) is 46.9 Å². The van der Waals surface area contributed by atoms with Crippen LogP contribution < -0.4 is 9.46 Å². The molecule has 0 saturated carbocycles. The summed E-state index contributed by atoms with van der Waals surface area (Å²) in [5.74, 6) is 0.181. The summed E-state index contributed by atoms with van der Waals surface area (Å²) in [5.41, 5.74) is 1.36. The molecule has 0 spiro atoms. The number of ether oxygens (including phenoxy) is 3. The van der Waals surface area contributed by atoms with E-state index in [0.29, 0.717) is 12.4 Å². The minimum atomic E-state index is -3.65.